The number of ketones is 1. The van der Waals surface area contributed by atoms with Crippen molar-refractivity contribution in [2.45, 2.75) is 19.4 Å². The number of nitrogens with zero attached hydrogens (tertiary/aromatic N) is 1. The van der Waals surface area contributed by atoms with Crippen molar-refractivity contribution in [2.24, 2.45) is 5.73 Å². The maximum Gasteiger partial charge on any atom is 0.339 e. The van der Waals surface area contributed by atoms with Crippen LogP contribution in [0.3, 0.4) is 0 Å². The van der Waals surface area contributed by atoms with Crippen LogP contribution in [0.4, 0.5) is 0 Å². The van der Waals surface area contributed by atoms with E-state index in [9.17, 15) is 9.59 Å². The zero-order valence-corrected chi connectivity index (χ0v) is 12.6. The normalized spacial score (nSPS) is 11.8. The summed E-state index contributed by atoms with van der Waals surface area (Å²) in [7, 11) is 1.34. The van der Waals surface area contributed by atoms with Gasteiger partial charge in [-0.15, -0.1) is 0 Å². The molecule has 2 aromatic rings. The van der Waals surface area contributed by atoms with E-state index in [1.165, 1.54) is 20.2 Å². The van der Waals surface area contributed by atoms with Crippen LogP contribution in [-0.4, -0.2) is 23.8 Å². The van der Waals surface area contributed by atoms with E-state index in [0.717, 1.165) is 16.7 Å². The second kappa shape index (κ2) is 6.95. The molecule has 5 nitrogen and oxygen atoms in total. The number of nitrogens with two attached hydrogens (primary N) is 1. The van der Waals surface area contributed by atoms with E-state index in [4.69, 9.17) is 5.73 Å². The number of pyridine rings is 1. The maximum absolute atomic E-state index is 11.5. The molecule has 0 spiro atoms. The van der Waals surface area contributed by atoms with Gasteiger partial charge in [0.15, 0.2) is 5.78 Å². The smallest absolute Gasteiger partial charge is 0.339 e. The summed E-state index contributed by atoms with van der Waals surface area (Å²) in [5.41, 5.74) is 8.97. The Kier molecular flexibility index (Phi) is 5.01. The SMILES string of the molecule is COC(=O)c1cncc(Cc2ccc(C(N)C(C)=O)cc2)c1. The van der Waals surface area contributed by atoms with Gasteiger partial charge >= 0.3 is 5.97 Å². The Morgan fingerprint density at radius 1 is 1.18 bits per heavy atom. The number of carbonyl (C=O) groups is 2. The molecule has 1 heterocycles. The predicted molar refractivity (Wildman–Crippen MR) is 82.4 cm³/mol. The number of methoxy groups -OCH3 is 1. The molecular weight excluding hydrogens is 280 g/mol. The first-order valence-corrected chi connectivity index (χ1v) is 6.88. The molecule has 1 aromatic carbocycles. The highest BCUT2D eigenvalue weighted by Crippen LogP contribution is 2.15. The number of hydrogen-bond acceptors (Lipinski definition) is 5. The van der Waals surface area contributed by atoms with E-state index in [-0.39, 0.29) is 5.78 Å². The molecule has 0 amide bonds. The van der Waals surface area contributed by atoms with Crippen LogP contribution in [0.25, 0.3) is 0 Å². The van der Waals surface area contributed by atoms with Crippen molar-refractivity contribution in [1.82, 2.24) is 4.98 Å². The van der Waals surface area contributed by atoms with E-state index in [2.05, 4.69) is 9.72 Å². The summed E-state index contributed by atoms with van der Waals surface area (Å²) in [5, 5.41) is 0. The van der Waals surface area contributed by atoms with Gasteiger partial charge in [0.25, 0.3) is 0 Å². The van der Waals surface area contributed by atoms with Gasteiger partial charge < -0.3 is 10.5 Å². The van der Waals surface area contributed by atoms with Crippen LogP contribution in [0.5, 0.6) is 0 Å². The Balaban J connectivity index is 2.14. The van der Waals surface area contributed by atoms with Gasteiger partial charge in [0.2, 0.25) is 0 Å². The summed E-state index contributed by atoms with van der Waals surface area (Å²) < 4.78 is 4.68. The van der Waals surface area contributed by atoms with Crippen LogP contribution in [0.1, 0.15) is 40.0 Å². The molecule has 5 heteroatoms. The lowest BCUT2D eigenvalue weighted by Crippen LogP contribution is -2.18. The summed E-state index contributed by atoms with van der Waals surface area (Å²) in [5.74, 6) is -0.472. The van der Waals surface area contributed by atoms with Gasteiger partial charge in [-0.05, 0) is 36.1 Å². The van der Waals surface area contributed by atoms with Crippen molar-refractivity contribution in [1.29, 1.82) is 0 Å². The molecule has 0 saturated carbocycles. The lowest BCUT2D eigenvalue weighted by atomic mass is 10.00. The van der Waals surface area contributed by atoms with Crippen molar-refractivity contribution in [2.75, 3.05) is 7.11 Å². The first-order valence-electron chi connectivity index (χ1n) is 6.88. The molecule has 0 aliphatic heterocycles. The van der Waals surface area contributed by atoms with Gasteiger partial charge in [-0.1, -0.05) is 24.3 Å². The average molecular weight is 298 g/mol. The highest BCUT2D eigenvalue weighted by Gasteiger charge is 2.11. The fraction of sp³-hybridized carbons (Fsp3) is 0.235. The standard InChI is InChI=1S/C17H18N2O3/c1-11(20)16(18)14-5-3-12(4-6-14)7-13-8-15(10-19-9-13)17(21)22-2/h3-6,8-10,16H,7,18H2,1-2H3. The molecule has 2 N–H and O–H groups in total. The minimum atomic E-state index is -0.585. The van der Waals surface area contributed by atoms with Crippen molar-refractivity contribution >= 4 is 11.8 Å². The fourth-order valence-electron chi connectivity index (χ4n) is 2.13. The predicted octanol–water partition coefficient (Wildman–Crippen LogP) is 2.05. The quantitative estimate of drug-likeness (QED) is 0.854. The van der Waals surface area contributed by atoms with E-state index >= 15 is 0 Å². The molecule has 0 fully saturated rings. The van der Waals surface area contributed by atoms with Crippen LogP contribution >= 0.6 is 0 Å². The van der Waals surface area contributed by atoms with Crippen LogP contribution in [0.15, 0.2) is 42.7 Å². The molecule has 0 saturated heterocycles. The topological polar surface area (TPSA) is 82.3 Å². The lowest BCUT2D eigenvalue weighted by Gasteiger charge is -2.09. The largest absolute Gasteiger partial charge is 0.465 e. The van der Waals surface area contributed by atoms with Gasteiger partial charge in [0, 0.05) is 12.4 Å². The minimum absolute atomic E-state index is 0.0669. The van der Waals surface area contributed by atoms with Crippen LogP contribution in [-0.2, 0) is 16.0 Å². The highest BCUT2D eigenvalue weighted by molar-refractivity contribution is 5.89. The number of aromatic nitrogens is 1. The molecular formula is C17H18N2O3. The zero-order valence-electron chi connectivity index (χ0n) is 12.6. The Morgan fingerprint density at radius 3 is 2.45 bits per heavy atom. The van der Waals surface area contributed by atoms with Crippen molar-refractivity contribution in [3.05, 3.63) is 65.0 Å². The molecule has 1 aromatic heterocycles. The number of ether oxygens (including phenoxy) is 1. The second-order valence-corrected chi connectivity index (χ2v) is 5.08. The van der Waals surface area contributed by atoms with Gasteiger partial charge in [-0.3, -0.25) is 9.78 Å². The Hall–Kier alpha value is -2.53. The highest BCUT2D eigenvalue weighted by atomic mass is 16.5. The Bertz CT molecular complexity index is 681. The van der Waals surface area contributed by atoms with Crippen LogP contribution in [0.2, 0.25) is 0 Å². The summed E-state index contributed by atoms with van der Waals surface area (Å²) in [6.07, 6.45) is 3.82. The first-order chi connectivity index (χ1) is 10.5. The minimum Gasteiger partial charge on any atom is -0.465 e. The Morgan fingerprint density at radius 2 is 1.86 bits per heavy atom. The summed E-state index contributed by atoms with van der Waals surface area (Å²) in [6.45, 7) is 1.47. The molecule has 22 heavy (non-hydrogen) atoms. The third kappa shape index (κ3) is 3.77. The fourth-order valence-corrected chi connectivity index (χ4v) is 2.13. The number of esters is 1. The maximum atomic E-state index is 11.5. The lowest BCUT2D eigenvalue weighted by molar-refractivity contribution is -0.118. The molecule has 2 rings (SSSR count). The zero-order chi connectivity index (χ0) is 16.1. The molecule has 0 aliphatic rings. The first kappa shape index (κ1) is 15.9. The van der Waals surface area contributed by atoms with Gasteiger partial charge in [0.05, 0.1) is 18.7 Å². The summed E-state index contributed by atoms with van der Waals surface area (Å²) >= 11 is 0. The molecule has 1 unspecified atom stereocenters. The number of Topliss-reactive ketones (excluding diaryl/α,β-unsaturated/α-hetero) is 1. The molecule has 0 radical (unpaired) electrons. The van der Waals surface area contributed by atoms with Crippen LogP contribution < -0.4 is 5.73 Å². The van der Waals surface area contributed by atoms with Gasteiger partial charge in [0.1, 0.15) is 0 Å². The number of benzene rings is 1. The van der Waals surface area contributed by atoms with Crippen molar-refractivity contribution in [3.8, 4) is 0 Å². The third-order valence-electron chi connectivity index (χ3n) is 3.40. The van der Waals surface area contributed by atoms with E-state index in [0.29, 0.717) is 12.0 Å². The monoisotopic (exact) mass is 298 g/mol. The Labute approximate surface area is 129 Å². The molecule has 0 aliphatic carbocycles. The molecule has 1 atom stereocenters. The number of rotatable bonds is 5. The summed E-state index contributed by atoms with van der Waals surface area (Å²) in [6, 6.07) is 8.70. The third-order valence-corrected chi connectivity index (χ3v) is 3.40. The van der Waals surface area contributed by atoms with Crippen molar-refractivity contribution in [3.63, 3.8) is 0 Å². The van der Waals surface area contributed by atoms with E-state index < -0.39 is 12.0 Å². The van der Waals surface area contributed by atoms with E-state index in [1.807, 2.05) is 24.3 Å². The summed E-state index contributed by atoms with van der Waals surface area (Å²) in [4.78, 5) is 26.8. The van der Waals surface area contributed by atoms with Crippen molar-refractivity contribution < 1.29 is 14.3 Å². The van der Waals surface area contributed by atoms with E-state index in [1.54, 1.807) is 12.3 Å². The molecule has 0 bridgehead atoms. The van der Waals surface area contributed by atoms with Gasteiger partial charge in [-0.25, -0.2) is 4.79 Å². The van der Waals surface area contributed by atoms with Crippen LogP contribution in [0, 0.1) is 0 Å². The second-order valence-electron chi connectivity index (χ2n) is 5.08. The number of hydrogen-bond donors (Lipinski definition) is 1. The average Bonchev–Trinajstić information content (AvgIpc) is 2.54. The van der Waals surface area contributed by atoms with Gasteiger partial charge in [-0.2, -0.15) is 0 Å². The number of carbonyl (C=O) groups excluding carboxylic acids is 2. The molecule has 114 valence electrons.